The van der Waals surface area contributed by atoms with Crippen LogP contribution in [0, 0.1) is 27.7 Å². The van der Waals surface area contributed by atoms with Crippen LogP contribution in [0.1, 0.15) is 22.5 Å². The molecule has 0 aliphatic carbocycles. The smallest absolute Gasteiger partial charge is 0.0375 e. The van der Waals surface area contributed by atoms with Crippen LogP contribution in [-0.4, -0.2) is 4.98 Å². The van der Waals surface area contributed by atoms with E-state index >= 15 is 0 Å². The van der Waals surface area contributed by atoms with E-state index in [1.165, 1.54) is 11.1 Å². The minimum absolute atomic E-state index is 0. The van der Waals surface area contributed by atoms with Crippen LogP contribution in [0.15, 0.2) is 42.5 Å². The Labute approximate surface area is 108 Å². The molecule has 1 aromatic heterocycles. The van der Waals surface area contributed by atoms with Crippen LogP contribution in [-0.2, 0) is 0 Å². The van der Waals surface area contributed by atoms with Gasteiger partial charge < -0.3 is 0 Å². The second-order valence-corrected chi connectivity index (χ2v) is 4.00. The normalized spacial score (nSPS) is 8.71. The highest BCUT2D eigenvalue weighted by atomic mass is 31.0. The third-order valence-electron chi connectivity index (χ3n) is 2.45. The van der Waals surface area contributed by atoms with E-state index in [1.807, 2.05) is 32.0 Å². The van der Waals surface area contributed by atoms with E-state index in [0.29, 0.717) is 0 Å². The van der Waals surface area contributed by atoms with Crippen molar-refractivity contribution >= 4 is 9.90 Å². The van der Waals surface area contributed by atoms with Gasteiger partial charge >= 0.3 is 0 Å². The molecule has 1 aromatic carbocycles. The van der Waals surface area contributed by atoms with E-state index in [1.54, 1.807) is 0 Å². The Bertz CT molecular complexity index is 414. The van der Waals surface area contributed by atoms with E-state index in [9.17, 15) is 0 Å². The lowest BCUT2D eigenvalue weighted by atomic mass is 10.1. The van der Waals surface area contributed by atoms with Crippen LogP contribution in [0.5, 0.6) is 0 Å². The van der Waals surface area contributed by atoms with E-state index in [0.717, 1.165) is 11.4 Å². The highest BCUT2D eigenvalue weighted by Gasteiger charge is 1.84. The third-order valence-corrected chi connectivity index (χ3v) is 2.45. The molecule has 1 heterocycles. The maximum atomic E-state index is 4.17. The molecule has 17 heavy (non-hydrogen) atoms. The van der Waals surface area contributed by atoms with Gasteiger partial charge in [-0.3, -0.25) is 4.98 Å². The number of aromatic nitrogens is 1. The van der Waals surface area contributed by atoms with Crippen LogP contribution in [0.4, 0.5) is 0 Å². The Morgan fingerprint density at radius 2 is 1.06 bits per heavy atom. The number of hydrogen-bond acceptors (Lipinski definition) is 1. The molecule has 0 fully saturated rings. The van der Waals surface area contributed by atoms with Crippen LogP contribution in [0.25, 0.3) is 0 Å². The van der Waals surface area contributed by atoms with E-state index < -0.39 is 0 Å². The average Bonchev–Trinajstić information content (AvgIpc) is 2.23. The van der Waals surface area contributed by atoms with Gasteiger partial charge in [-0.15, -0.1) is 0 Å². The second kappa shape index (κ2) is 7.97. The average molecular weight is 247 g/mol. The Kier molecular flexibility index (Phi) is 7.41. The Morgan fingerprint density at radius 1 is 0.647 bits per heavy atom. The van der Waals surface area contributed by atoms with E-state index in [2.05, 4.69) is 43.1 Å². The Balaban J connectivity index is 0.000000284. The fourth-order valence-corrected chi connectivity index (χ4v) is 1.34. The number of aryl methyl sites for hydroxylation is 4. The molecule has 0 radical (unpaired) electrons. The standard InChI is InChI=1S/C8H10.C7H9N.H3P/c1-7-5-3-4-6-8(7)2;1-6-4-3-5-7(2)8-6;/h3-6H,1-2H3;3-5H,1-2H3;1H3. The summed E-state index contributed by atoms with van der Waals surface area (Å²) in [6.07, 6.45) is 0. The Hall–Kier alpha value is -1.20. The fourth-order valence-electron chi connectivity index (χ4n) is 1.34. The second-order valence-electron chi connectivity index (χ2n) is 4.00. The molecule has 0 saturated carbocycles. The minimum Gasteiger partial charge on any atom is -0.258 e. The first-order chi connectivity index (χ1) is 7.59. The van der Waals surface area contributed by atoms with Gasteiger partial charge in [0.25, 0.3) is 0 Å². The quantitative estimate of drug-likeness (QED) is 0.640. The van der Waals surface area contributed by atoms with E-state index in [-0.39, 0.29) is 9.90 Å². The molecule has 0 saturated heterocycles. The van der Waals surface area contributed by atoms with Crippen molar-refractivity contribution in [2.75, 3.05) is 0 Å². The summed E-state index contributed by atoms with van der Waals surface area (Å²) in [5.41, 5.74) is 4.91. The molecule has 1 nitrogen and oxygen atoms in total. The first-order valence-electron chi connectivity index (χ1n) is 5.52. The van der Waals surface area contributed by atoms with Crippen molar-refractivity contribution in [1.82, 2.24) is 4.98 Å². The zero-order valence-corrected chi connectivity index (χ0v) is 12.6. The highest BCUT2D eigenvalue weighted by Crippen LogP contribution is 2.02. The predicted molar refractivity (Wildman–Crippen MR) is 80.7 cm³/mol. The van der Waals surface area contributed by atoms with E-state index in [4.69, 9.17) is 0 Å². The molecule has 0 bridgehead atoms. The molecule has 0 amide bonds. The summed E-state index contributed by atoms with van der Waals surface area (Å²) in [6, 6.07) is 14.4. The molecule has 0 aliphatic rings. The van der Waals surface area contributed by atoms with Crippen molar-refractivity contribution in [1.29, 1.82) is 0 Å². The number of nitrogens with zero attached hydrogens (tertiary/aromatic N) is 1. The van der Waals surface area contributed by atoms with Crippen molar-refractivity contribution < 1.29 is 0 Å². The molecule has 1 unspecified atom stereocenters. The summed E-state index contributed by atoms with van der Waals surface area (Å²) < 4.78 is 0. The largest absolute Gasteiger partial charge is 0.258 e. The van der Waals surface area contributed by atoms with Crippen molar-refractivity contribution in [3.8, 4) is 0 Å². The van der Waals surface area contributed by atoms with Gasteiger partial charge in [-0.2, -0.15) is 9.90 Å². The van der Waals surface area contributed by atoms with Crippen molar-refractivity contribution in [3.63, 3.8) is 0 Å². The minimum atomic E-state index is 0. The molecule has 2 aromatic rings. The van der Waals surface area contributed by atoms with Gasteiger partial charge in [-0.05, 0) is 51.0 Å². The molecule has 1 atom stereocenters. The van der Waals surface area contributed by atoms with Crippen molar-refractivity contribution in [2.45, 2.75) is 27.7 Å². The third kappa shape index (κ3) is 6.19. The van der Waals surface area contributed by atoms with Crippen molar-refractivity contribution in [3.05, 3.63) is 65.0 Å². The van der Waals surface area contributed by atoms with Crippen molar-refractivity contribution in [2.24, 2.45) is 0 Å². The number of benzene rings is 1. The highest BCUT2D eigenvalue weighted by molar-refractivity contribution is 6.92. The lowest BCUT2D eigenvalue weighted by Gasteiger charge is -1.93. The molecule has 0 N–H and O–H groups in total. The van der Waals surface area contributed by atoms with Gasteiger partial charge in [0.2, 0.25) is 0 Å². The van der Waals surface area contributed by atoms with Crippen LogP contribution >= 0.6 is 9.90 Å². The number of hydrogen-bond donors (Lipinski definition) is 0. The molecule has 0 aliphatic heterocycles. The molecular weight excluding hydrogens is 225 g/mol. The topological polar surface area (TPSA) is 12.9 Å². The van der Waals surface area contributed by atoms with Gasteiger partial charge in [0.1, 0.15) is 0 Å². The maximum Gasteiger partial charge on any atom is 0.0375 e. The molecule has 2 heteroatoms. The lowest BCUT2D eigenvalue weighted by molar-refractivity contribution is 1.12. The first-order valence-corrected chi connectivity index (χ1v) is 5.52. The summed E-state index contributed by atoms with van der Waals surface area (Å²) in [5.74, 6) is 0. The summed E-state index contributed by atoms with van der Waals surface area (Å²) in [7, 11) is 0. The monoisotopic (exact) mass is 247 g/mol. The van der Waals surface area contributed by atoms with Gasteiger partial charge in [-0.25, -0.2) is 0 Å². The zero-order chi connectivity index (χ0) is 12.0. The zero-order valence-electron chi connectivity index (χ0n) is 11.2. The summed E-state index contributed by atoms with van der Waals surface area (Å²) in [4.78, 5) is 4.17. The number of pyridine rings is 1. The van der Waals surface area contributed by atoms with Crippen LogP contribution in [0.2, 0.25) is 0 Å². The summed E-state index contributed by atoms with van der Waals surface area (Å²) >= 11 is 0. The van der Waals surface area contributed by atoms with Gasteiger partial charge in [0.05, 0.1) is 0 Å². The van der Waals surface area contributed by atoms with Crippen LogP contribution in [0.3, 0.4) is 0 Å². The van der Waals surface area contributed by atoms with Crippen LogP contribution < -0.4 is 0 Å². The first kappa shape index (κ1) is 15.8. The molecule has 92 valence electrons. The molecule has 2 rings (SSSR count). The maximum absolute atomic E-state index is 4.17. The predicted octanol–water partition coefficient (Wildman–Crippen LogP) is 4.06. The lowest BCUT2D eigenvalue weighted by Crippen LogP contribution is -1.81. The SMILES string of the molecule is Cc1cccc(C)n1.Cc1ccccc1C.P. The molecular formula is C15H22NP. The van der Waals surface area contributed by atoms with Gasteiger partial charge in [0, 0.05) is 11.4 Å². The molecule has 0 spiro atoms. The van der Waals surface area contributed by atoms with Gasteiger partial charge in [-0.1, -0.05) is 30.3 Å². The fraction of sp³-hybridized carbons (Fsp3) is 0.267. The Morgan fingerprint density at radius 3 is 1.29 bits per heavy atom. The van der Waals surface area contributed by atoms with Gasteiger partial charge in [0.15, 0.2) is 0 Å². The summed E-state index contributed by atoms with van der Waals surface area (Å²) in [5, 5.41) is 0. The summed E-state index contributed by atoms with van der Waals surface area (Å²) in [6.45, 7) is 8.23. The number of rotatable bonds is 0.